The van der Waals surface area contributed by atoms with Crippen LogP contribution in [0.5, 0.6) is 0 Å². The van der Waals surface area contributed by atoms with Gasteiger partial charge < -0.3 is 9.90 Å². The second-order valence-corrected chi connectivity index (χ2v) is 3.72. The lowest BCUT2D eigenvalue weighted by molar-refractivity contribution is -0.255. The van der Waals surface area contributed by atoms with E-state index in [0.29, 0.717) is 3.57 Å². The summed E-state index contributed by atoms with van der Waals surface area (Å²) in [6, 6.07) is 2.94. The minimum atomic E-state index is -4.67. The second-order valence-electron chi connectivity index (χ2n) is 2.48. The standard InChI is InChI=1S/C8H4F3IO2/c9-8(10,11)6-3-4(12)1-2-5(6)7(13)14/h1-3H,(H,13,14)/p-1. The predicted molar refractivity (Wildman–Crippen MR) is 48.5 cm³/mol. The fourth-order valence-electron chi connectivity index (χ4n) is 0.929. The fourth-order valence-corrected chi connectivity index (χ4v) is 1.42. The summed E-state index contributed by atoms with van der Waals surface area (Å²) in [6.45, 7) is 0. The van der Waals surface area contributed by atoms with Gasteiger partial charge in [-0.25, -0.2) is 0 Å². The Labute approximate surface area is 90.9 Å². The number of carboxylic acid groups (broad SMARTS) is 1. The van der Waals surface area contributed by atoms with Crippen LogP contribution in [0.2, 0.25) is 0 Å². The van der Waals surface area contributed by atoms with Crippen molar-refractivity contribution < 1.29 is 23.1 Å². The van der Waals surface area contributed by atoms with Gasteiger partial charge in [0.2, 0.25) is 0 Å². The van der Waals surface area contributed by atoms with Crippen LogP contribution < -0.4 is 5.11 Å². The first-order valence-electron chi connectivity index (χ1n) is 3.40. The Bertz CT molecular complexity index is 373. The predicted octanol–water partition coefficient (Wildman–Crippen LogP) is 1.67. The first-order chi connectivity index (χ1) is 6.32. The summed E-state index contributed by atoms with van der Waals surface area (Å²) < 4.78 is 37.2. The number of benzene rings is 1. The van der Waals surface area contributed by atoms with Crippen LogP contribution >= 0.6 is 22.6 Å². The van der Waals surface area contributed by atoms with E-state index in [9.17, 15) is 23.1 Å². The van der Waals surface area contributed by atoms with E-state index in [1.54, 1.807) is 22.6 Å². The minimum absolute atomic E-state index is 0.319. The van der Waals surface area contributed by atoms with Gasteiger partial charge in [-0.05, 0) is 34.7 Å². The number of alkyl halides is 3. The monoisotopic (exact) mass is 315 g/mol. The van der Waals surface area contributed by atoms with Crippen LogP contribution in [-0.4, -0.2) is 5.97 Å². The van der Waals surface area contributed by atoms with Crippen molar-refractivity contribution in [1.82, 2.24) is 0 Å². The molecule has 0 aliphatic carbocycles. The Hall–Kier alpha value is -0.790. The molecule has 0 radical (unpaired) electrons. The van der Waals surface area contributed by atoms with E-state index in [0.717, 1.165) is 12.1 Å². The number of hydrogen-bond acceptors (Lipinski definition) is 2. The first kappa shape index (κ1) is 11.3. The molecule has 14 heavy (non-hydrogen) atoms. The number of carbonyl (C=O) groups excluding carboxylic acids is 1. The van der Waals surface area contributed by atoms with Gasteiger partial charge in [-0.15, -0.1) is 0 Å². The maximum absolute atomic E-state index is 12.3. The molecule has 0 fully saturated rings. The van der Waals surface area contributed by atoms with Gasteiger partial charge >= 0.3 is 6.18 Å². The molecule has 0 N–H and O–H groups in total. The van der Waals surface area contributed by atoms with Crippen molar-refractivity contribution in [2.45, 2.75) is 6.18 Å². The van der Waals surface area contributed by atoms with Crippen molar-refractivity contribution in [3.8, 4) is 0 Å². The molecular weight excluding hydrogens is 312 g/mol. The quantitative estimate of drug-likeness (QED) is 0.740. The van der Waals surface area contributed by atoms with Crippen LogP contribution in [0.4, 0.5) is 13.2 Å². The van der Waals surface area contributed by atoms with Crippen LogP contribution in [0, 0.1) is 3.57 Å². The third-order valence-corrected chi connectivity index (χ3v) is 2.18. The summed E-state index contributed by atoms with van der Waals surface area (Å²) in [5, 5.41) is 10.4. The molecule has 1 aromatic rings. The van der Waals surface area contributed by atoms with Crippen molar-refractivity contribution in [2.24, 2.45) is 0 Å². The van der Waals surface area contributed by atoms with Crippen LogP contribution in [0.25, 0.3) is 0 Å². The molecule has 76 valence electrons. The van der Waals surface area contributed by atoms with Gasteiger partial charge in [0.15, 0.2) is 0 Å². The molecule has 0 spiro atoms. The smallest absolute Gasteiger partial charge is 0.417 e. The van der Waals surface area contributed by atoms with Crippen molar-refractivity contribution in [3.63, 3.8) is 0 Å². The van der Waals surface area contributed by atoms with Gasteiger partial charge in [0.05, 0.1) is 11.5 Å². The highest BCUT2D eigenvalue weighted by Crippen LogP contribution is 2.32. The molecular formula is C8H3F3IO2-. The molecule has 0 atom stereocenters. The van der Waals surface area contributed by atoms with E-state index in [1.807, 2.05) is 0 Å². The number of carbonyl (C=O) groups is 1. The van der Waals surface area contributed by atoms with E-state index in [2.05, 4.69) is 0 Å². The van der Waals surface area contributed by atoms with Gasteiger partial charge in [-0.3, -0.25) is 0 Å². The van der Waals surface area contributed by atoms with Crippen LogP contribution in [0.1, 0.15) is 15.9 Å². The van der Waals surface area contributed by atoms with Crippen LogP contribution in [0.15, 0.2) is 18.2 Å². The summed E-state index contributed by atoms with van der Waals surface area (Å²) in [6.07, 6.45) is -4.67. The Morgan fingerprint density at radius 1 is 1.36 bits per heavy atom. The average molecular weight is 315 g/mol. The van der Waals surface area contributed by atoms with E-state index in [1.165, 1.54) is 6.07 Å². The third-order valence-electron chi connectivity index (χ3n) is 1.51. The van der Waals surface area contributed by atoms with E-state index in [-0.39, 0.29) is 0 Å². The highest BCUT2D eigenvalue weighted by Gasteiger charge is 2.33. The van der Waals surface area contributed by atoms with Crippen molar-refractivity contribution in [1.29, 1.82) is 0 Å². The zero-order valence-electron chi connectivity index (χ0n) is 6.56. The van der Waals surface area contributed by atoms with Gasteiger partial charge in [-0.2, -0.15) is 13.2 Å². The molecule has 6 heteroatoms. The molecule has 0 saturated carbocycles. The van der Waals surface area contributed by atoms with E-state index in [4.69, 9.17) is 0 Å². The number of aromatic carboxylic acids is 1. The molecule has 0 amide bonds. The van der Waals surface area contributed by atoms with Crippen LogP contribution in [0.3, 0.4) is 0 Å². The zero-order valence-corrected chi connectivity index (χ0v) is 8.72. The van der Waals surface area contributed by atoms with Crippen molar-refractivity contribution in [2.75, 3.05) is 0 Å². The Morgan fingerprint density at radius 2 is 1.93 bits per heavy atom. The number of rotatable bonds is 1. The molecule has 0 aliphatic rings. The first-order valence-corrected chi connectivity index (χ1v) is 4.48. The Kier molecular flexibility index (Phi) is 3.03. The van der Waals surface area contributed by atoms with Crippen LogP contribution in [-0.2, 0) is 6.18 Å². The fraction of sp³-hybridized carbons (Fsp3) is 0.125. The molecule has 0 aromatic heterocycles. The number of halogens is 4. The second kappa shape index (κ2) is 3.76. The molecule has 0 heterocycles. The molecule has 1 rings (SSSR count). The topological polar surface area (TPSA) is 40.1 Å². The molecule has 0 aliphatic heterocycles. The van der Waals surface area contributed by atoms with E-state index >= 15 is 0 Å². The maximum atomic E-state index is 12.3. The van der Waals surface area contributed by atoms with E-state index < -0.39 is 23.3 Å². The largest absolute Gasteiger partial charge is 0.545 e. The van der Waals surface area contributed by atoms with Gasteiger partial charge in [0.1, 0.15) is 0 Å². The van der Waals surface area contributed by atoms with Gasteiger partial charge in [-0.1, -0.05) is 6.07 Å². The maximum Gasteiger partial charge on any atom is 0.417 e. The minimum Gasteiger partial charge on any atom is -0.545 e. The highest BCUT2D eigenvalue weighted by atomic mass is 127. The molecule has 2 nitrogen and oxygen atoms in total. The SMILES string of the molecule is O=C([O-])c1ccc(I)cc1C(F)(F)F. The summed E-state index contributed by atoms with van der Waals surface area (Å²) in [5.74, 6) is -1.83. The average Bonchev–Trinajstić information content (AvgIpc) is 2.01. The summed E-state index contributed by atoms with van der Waals surface area (Å²) >= 11 is 1.67. The van der Waals surface area contributed by atoms with Gasteiger partial charge in [0.25, 0.3) is 0 Å². The van der Waals surface area contributed by atoms with Gasteiger partial charge in [0, 0.05) is 9.13 Å². The third kappa shape index (κ3) is 2.37. The number of carboxylic acids is 1. The molecule has 0 bridgehead atoms. The Balaban J connectivity index is 3.38. The molecule has 0 saturated heterocycles. The molecule has 1 aromatic carbocycles. The lowest BCUT2D eigenvalue weighted by Crippen LogP contribution is -2.26. The van der Waals surface area contributed by atoms with Crippen molar-refractivity contribution in [3.05, 3.63) is 32.9 Å². The lowest BCUT2D eigenvalue weighted by Gasteiger charge is -2.13. The lowest BCUT2D eigenvalue weighted by atomic mass is 10.1. The number of hydrogen-bond donors (Lipinski definition) is 0. The summed E-state index contributed by atoms with van der Waals surface area (Å²) in [4.78, 5) is 10.4. The summed E-state index contributed by atoms with van der Waals surface area (Å²) in [5.41, 5.74) is -2.01. The highest BCUT2D eigenvalue weighted by molar-refractivity contribution is 14.1. The van der Waals surface area contributed by atoms with Crippen molar-refractivity contribution >= 4 is 28.6 Å². The molecule has 0 unspecified atom stereocenters. The zero-order chi connectivity index (χ0) is 10.9. The normalized spacial score (nSPS) is 11.4. The Morgan fingerprint density at radius 3 is 2.36 bits per heavy atom. The summed E-state index contributed by atoms with van der Waals surface area (Å²) in [7, 11) is 0.